The Balaban J connectivity index is 2.44. The van der Waals surface area contributed by atoms with Crippen molar-refractivity contribution >= 4 is 10.0 Å². The molecular weight excluding hydrogens is 282 g/mol. The normalized spacial score (nSPS) is 25.0. The Labute approximate surface area is 119 Å². The van der Waals surface area contributed by atoms with E-state index in [0.29, 0.717) is 25.3 Å². The molecule has 1 saturated heterocycles. The van der Waals surface area contributed by atoms with E-state index in [1.54, 1.807) is 6.92 Å². The number of morpholine rings is 1. The molecule has 1 fully saturated rings. The lowest BCUT2D eigenvalue weighted by molar-refractivity contribution is -0.0230. The van der Waals surface area contributed by atoms with Gasteiger partial charge in [-0.2, -0.15) is 9.40 Å². The van der Waals surface area contributed by atoms with Gasteiger partial charge in [0.1, 0.15) is 10.6 Å². The van der Waals surface area contributed by atoms with Crippen LogP contribution < -0.4 is 0 Å². The molecule has 2 unspecified atom stereocenters. The van der Waals surface area contributed by atoms with Crippen LogP contribution in [0.4, 0.5) is 0 Å². The van der Waals surface area contributed by atoms with Crippen LogP contribution in [-0.4, -0.2) is 53.3 Å². The molecule has 1 aliphatic heterocycles. The van der Waals surface area contributed by atoms with E-state index in [-0.39, 0.29) is 22.7 Å². The van der Waals surface area contributed by atoms with E-state index in [0.717, 1.165) is 0 Å². The largest absolute Gasteiger partial charge is 0.390 e. The quantitative estimate of drug-likeness (QED) is 0.839. The van der Waals surface area contributed by atoms with Gasteiger partial charge in [-0.25, -0.2) is 8.42 Å². The smallest absolute Gasteiger partial charge is 0.247 e. The summed E-state index contributed by atoms with van der Waals surface area (Å²) < 4.78 is 32.7. The SMILES string of the molecule is CCC1COC(C)CN1S(=O)(=O)c1c(CO)n[nH]c1C. The third kappa shape index (κ3) is 2.60. The first-order chi connectivity index (χ1) is 9.41. The molecule has 0 spiro atoms. The van der Waals surface area contributed by atoms with Crippen molar-refractivity contribution < 1.29 is 18.3 Å². The maximum absolute atomic E-state index is 12.9. The van der Waals surface area contributed by atoms with Crippen molar-refractivity contribution in [1.29, 1.82) is 0 Å². The predicted octanol–water partition coefficient (Wildman–Crippen LogP) is 0.398. The lowest BCUT2D eigenvalue weighted by Gasteiger charge is -2.37. The molecule has 0 aliphatic carbocycles. The Morgan fingerprint density at radius 2 is 2.25 bits per heavy atom. The second-order valence-corrected chi connectivity index (χ2v) is 6.89. The number of aliphatic hydroxyl groups is 1. The van der Waals surface area contributed by atoms with Crippen molar-refractivity contribution in [3.05, 3.63) is 11.4 Å². The number of nitrogens with zero attached hydrogens (tertiary/aromatic N) is 2. The number of nitrogens with one attached hydrogen (secondary N) is 1. The molecule has 114 valence electrons. The van der Waals surface area contributed by atoms with Gasteiger partial charge in [-0.3, -0.25) is 5.10 Å². The highest BCUT2D eigenvalue weighted by Gasteiger charge is 2.38. The first-order valence-corrected chi connectivity index (χ1v) is 8.14. The van der Waals surface area contributed by atoms with Crippen LogP contribution in [0.1, 0.15) is 31.7 Å². The van der Waals surface area contributed by atoms with Gasteiger partial charge in [0.25, 0.3) is 0 Å². The molecule has 1 aromatic heterocycles. The Morgan fingerprint density at radius 3 is 2.85 bits per heavy atom. The van der Waals surface area contributed by atoms with Gasteiger partial charge in [-0.05, 0) is 20.3 Å². The molecular formula is C12H21N3O4S. The molecule has 2 heterocycles. The molecule has 0 aromatic carbocycles. The average Bonchev–Trinajstić information content (AvgIpc) is 2.80. The molecule has 20 heavy (non-hydrogen) atoms. The predicted molar refractivity (Wildman–Crippen MR) is 72.6 cm³/mol. The molecule has 1 aromatic rings. The average molecular weight is 303 g/mol. The lowest BCUT2D eigenvalue weighted by Crippen LogP contribution is -2.51. The van der Waals surface area contributed by atoms with Crippen LogP contribution in [0.5, 0.6) is 0 Å². The molecule has 0 bridgehead atoms. The fraction of sp³-hybridized carbons (Fsp3) is 0.750. The van der Waals surface area contributed by atoms with E-state index in [1.807, 2.05) is 13.8 Å². The molecule has 7 nitrogen and oxygen atoms in total. The molecule has 2 N–H and O–H groups in total. The number of hydrogen-bond acceptors (Lipinski definition) is 5. The van der Waals surface area contributed by atoms with Gasteiger partial charge >= 0.3 is 0 Å². The standard InChI is InChI=1S/C12H21N3O4S/c1-4-10-7-19-8(2)5-15(10)20(17,18)12-9(3)13-14-11(12)6-16/h8,10,16H,4-7H2,1-3H3,(H,13,14). The molecule has 0 amide bonds. The number of aromatic amines is 1. The lowest BCUT2D eigenvalue weighted by atomic mass is 10.2. The number of aliphatic hydroxyl groups excluding tert-OH is 1. The topological polar surface area (TPSA) is 95.5 Å². The highest BCUT2D eigenvalue weighted by atomic mass is 32.2. The Morgan fingerprint density at radius 1 is 1.55 bits per heavy atom. The Kier molecular flexibility index (Phi) is 4.48. The number of sulfonamides is 1. The van der Waals surface area contributed by atoms with Crippen LogP contribution >= 0.6 is 0 Å². The van der Waals surface area contributed by atoms with Crippen LogP contribution in [0.3, 0.4) is 0 Å². The van der Waals surface area contributed by atoms with Gasteiger partial charge in [-0.1, -0.05) is 6.92 Å². The van der Waals surface area contributed by atoms with Crippen LogP contribution in [0.2, 0.25) is 0 Å². The highest BCUT2D eigenvalue weighted by Crippen LogP contribution is 2.27. The van der Waals surface area contributed by atoms with Crippen LogP contribution in [0.25, 0.3) is 0 Å². The molecule has 2 rings (SSSR count). The minimum Gasteiger partial charge on any atom is -0.390 e. The summed E-state index contributed by atoms with van der Waals surface area (Å²) in [7, 11) is -3.69. The van der Waals surface area contributed by atoms with E-state index in [1.165, 1.54) is 4.31 Å². The van der Waals surface area contributed by atoms with E-state index in [9.17, 15) is 13.5 Å². The monoisotopic (exact) mass is 303 g/mol. The van der Waals surface area contributed by atoms with Crippen LogP contribution in [0.15, 0.2) is 4.90 Å². The maximum atomic E-state index is 12.9. The van der Waals surface area contributed by atoms with Crippen molar-refractivity contribution in [2.24, 2.45) is 0 Å². The molecule has 8 heteroatoms. The van der Waals surface area contributed by atoms with Crippen molar-refractivity contribution in [3.8, 4) is 0 Å². The zero-order valence-corrected chi connectivity index (χ0v) is 12.8. The van der Waals surface area contributed by atoms with E-state index in [4.69, 9.17) is 4.74 Å². The first-order valence-electron chi connectivity index (χ1n) is 6.70. The fourth-order valence-electron chi connectivity index (χ4n) is 2.47. The van der Waals surface area contributed by atoms with Crippen LogP contribution in [0, 0.1) is 6.92 Å². The molecule has 1 aliphatic rings. The summed E-state index contributed by atoms with van der Waals surface area (Å²) in [4.78, 5) is 0.0903. The zero-order valence-electron chi connectivity index (χ0n) is 12.0. The number of H-pyrrole nitrogens is 1. The van der Waals surface area contributed by atoms with E-state index >= 15 is 0 Å². The first kappa shape index (κ1) is 15.4. The van der Waals surface area contributed by atoms with E-state index < -0.39 is 16.6 Å². The third-order valence-electron chi connectivity index (χ3n) is 3.57. The number of aryl methyl sites for hydroxylation is 1. The summed E-state index contributed by atoms with van der Waals surface area (Å²) in [6.07, 6.45) is 0.537. The highest BCUT2D eigenvalue weighted by molar-refractivity contribution is 7.89. The summed E-state index contributed by atoms with van der Waals surface area (Å²) >= 11 is 0. The Hall–Kier alpha value is -0.960. The van der Waals surface area contributed by atoms with Crippen molar-refractivity contribution in [2.45, 2.75) is 50.8 Å². The van der Waals surface area contributed by atoms with Gasteiger partial charge in [0.05, 0.1) is 25.0 Å². The number of hydrogen-bond donors (Lipinski definition) is 2. The molecule has 2 atom stereocenters. The Bertz CT molecular complexity index is 569. The minimum absolute atomic E-state index is 0.0903. The molecule has 0 saturated carbocycles. The van der Waals surface area contributed by atoms with Crippen LogP contribution in [-0.2, 0) is 21.4 Å². The van der Waals surface area contributed by atoms with Gasteiger partial charge in [0, 0.05) is 12.6 Å². The van der Waals surface area contributed by atoms with Gasteiger partial charge in [0.15, 0.2) is 0 Å². The van der Waals surface area contributed by atoms with Crippen molar-refractivity contribution in [2.75, 3.05) is 13.2 Å². The fourth-order valence-corrected chi connectivity index (χ4v) is 4.55. The number of ether oxygens (including phenoxy) is 1. The second kappa shape index (κ2) is 5.80. The minimum atomic E-state index is -3.69. The van der Waals surface area contributed by atoms with Crippen molar-refractivity contribution in [1.82, 2.24) is 14.5 Å². The van der Waals surface area contributed by atoms with Crippen molar-refractivity contribution in [3.63, 3.8) is 0 Å². The van der Waals surface area contributed by atoms with Gasteiger partial charge in [0.2, 0.25) is 10.0 Å². The zero-order chi connectivity index (χ0) is 14.9. The summed E-state index contributed by atoms with van der Waals surface area (Å²) in [5, 5.41) is 15.8. The molecule has 0 radical (unpaired) electrons. The number of rotatable bonds is 4. The van der Waals surface area contributed by atoms with Gasteiger partial charge < -0.3 is 9.84 Å². The number of aromatic nitrogens is 2. The summed E-state index contributed by atoms with van der Waals surface area (Å²) in [6, 6.07) is -0.183. The van der Waals surface area contributed by atoms with Gasteiger partial charge in [-0.15, -0.1) is 0 Å². The second-order valence-electron chi connectivity index (χ2n) is 5.06. The summed E-state index contributed by atoms with van der Waals surface area (Å²) in [6.45, 7) is 5.73. The summed E-state index contributed by atoms with van der Waals surface area (Å²) in [5.41, 5.74) is 0.611. The van der Waals surface area contributed by atoms with E-state index in [2.05, 4.69) is 10.2 Å². The summed E-state index contributed by atoms with van der Waals surface area (Å²) in [5.74, 6) is 0. The maximum Gasteiger partial charge on any atom is 0.247 e. The third-order valence-corrected chi connectivity index (χ3v) is 5.69.